The average molecular weight is 857 g/mol. The molecule has 0 bridgehead atoms. The zero-order chi connectivity index (χ0) is 45.1. The largest absolute Gasteiger partial charge is 0.417 e. The maximum absolute atomic E-state index is 15.2. The minimum atomic E-state index is -6.25. The highest BCUT2D eigenvalue weighted by Crippen LogP contribution is 2.57. The molecule has 0 spiro atoms. The van der Waals surface area contributed by atoms with E-state index < -0.39 is 127 Å². The number of hydrogen-bond acceptors (Lipinski definition) is 4. The van der Waals surface area contributed by atoms with E-state index in [2.05, 4.69) is 0 Å². The molecule has 60 heavy (non-hydrogen) atoms. The molecule has 318 valence electrons. The number of rotatable bonds is 4. The van der Waals surface area contributed by atoms with Crippen LogP contribution in [0.25, 0.3) is 11.1 Å². The molecule has 0 radical (unpaired) electrons. The lowest BCUT2D eigenvalue weighted by Crippen LogP contribution is -2.55. The smallest absolute Gasteiger partial charge is 0.274 e. The van der Waals surface area contributed by atoms with E-state index in [1.54, 1.807) is 20.8 Å². The summed E-state index contributed by atoms with van der Waals surface area (Å²) in [5.74, 6) is -4.95. The van der Waals surface area contributed by atoms with Gasteiger partial charge in [-0.05, 0) is 96.0 Å². The lowest BCUT2D eigenvalue weighted by molar-refractivity contribution is -0.288. The Morgan fingerprint density at radius 1 is 0.467 bits per heavy atom. The van der Waals surface area contributed by atoms with Gasteiger partial charge in [0.15, 0.2) is 0 Å². The Kier molecular flexibility index (Phi) is 10.0. The zero-order valence-corrected chi connectivity index (χ0v) is 32.2. The number of halogens is 12. The fourth-order valence-corrected chi connectivity index (χ4v) is 7.65. The van der Waals surface area contributed by atoms with Crippen molar-refractivity contribution < 1.29 is 71.9 Å². The first kappa shape index (κ1) is 43.9. The van der Waals surface area contributed by atoms with Gasteiger partial charge in [0, 0.05) is 11.1 Å². The van der Waals surface area contributed by atoms with Gasteiger partial charge in [0.05, 0.1) is 34.4 Å². The second-order valence-corrected chi connectivity index (χ2v) is 16.4. The van der Waals surface area contributed by atoms with Crippen LogP contribution in [0.3, 0.4) is 0 Å². The third kappa shape index (κ3) is 7.00. The molecule has 0 unspecified atom stereocenters. The molecule has 6 rings (SSSR count). The van der Waals surface area contributed by atoms with Crippen molar-refractivity contribution in [3.8, 4) is 11.1 Å². The molecule has 0 saturated carbocycles. The molecule has 0 aromatic heterocycles. The van der Waals surface area contributed by atoms with Gasteiger partial charge in [-0.3, -0.25) is 24.1 Å². The number of fused-ring (bicyclic) bond motifs is 2. The van der Waals surface area contributed by atoms with Crippen LogP contribution in [-0.2, 0) is 34.4 Å². The Labute approximate surface area is 333 Å². The first-order valence-corrected chi connectivity index (χ1v) is 17.8. The molecule has 0 atom stereocenters. The summed E-state index contributed by atoms with van der Waals surface area (Å²) in [5.41, 5.74) is -18.5. The lowest BCUT2D eigenvalue weighted by Gasteiger charge is -2.40. The Hall–Kier alpha value is -5.68. The molecule has 0 saturated heterocycles. The molecular weight excluding hydrogens is 824 g/mol. The van der Waals surface area contributed by atoms with Crippen molar-refractivity contribution in [3.05, 3.63) is 123 Å². The molecular formula is C42H32F12N2O4. The van der Waals surface area contributed by atoms with Gasteiger partial charge in [-0.25, -0.2) is 4.90 Å². The number of imide groups is 2. The van der Waals surface area contributed by atoms with Crippen molar-refractivity contribution in [2.45, 2.75) is 89.0 Å². The van der Waals surface area contributed by atoms with E-state index in [4.69, 9.17) is 0 Å². The van der Waals surface area contributed by atoms with Crippen molar-refractivity contribution >= 4 is 29.3 Å². The van der Waals surface area contributed by atoms with Crippen LogP contribution in [0.5, 0.6) is 0 Å². The SMILES string of the molecule is CC(C)(C)c1ccc(-c2ccc(N3C(=O)c4ccc(C(c5ccc6c(c5)CC(=O)N(C(C)(C)C)C6=O)(C(F)(F)F)C(F)(F)F)cc4C3=O)cc2C(F)(F)F)c(C(F)(F)F)c1. The third-order valence-corrected chi connectivity index (χ3v) is 10.5. The van der Waals surface area contributed by atoms with E-state index in [9.17, 15) is 45.5 Å². The normalized spacial score (nSPS) is 15.8. The number of amides is 4. The lowest BCUT2D eigenvalue weighted by atomic mass is 9.71. The van der Waals surface area contributed by atoms with Crippen molar-refractivity contribution in [2.24, 2.45) is 0 Å². The van der Waals surface area contributed by atoms with Gasteiger partial charge in [0.2, 0.25) is 11.3 Å². The summed E-state index contributed by atoms with van der Waals surface area (Å²) in [6, 6.07) is 6.59. The summed E-state index contributed by atoms with van der Waals surface area (Å²) in [5, 5.41) is 0. The van der Waals surface area contributed by atoms with Crippen LogP contribution in [-0.4, -0.2) is 46.4 Å². The molecule has 18 heteroatoms. The molecule has 2 heterocycles. The molecule has 4 aromatic carbocycles. The van der Waals surface area contributed by atoms with Crippen molar-refractivity contribution in [2.75, 3.05) is 4.90 Å². The highest BCUT2D eigenvalue weighted by Gasteiger charge is 2.73. The Balaban J connectivity index is 1.49. The van der Waals surface area contributed by atoms with Gasteiger partial charge in [0.25, 0.3) is 17.7 Å². The molecule has 0 fully saturated rings. The van der Waals surface area contributed by atoms with Gasteiger partial charge >= 0.3 is 24.7 Å². The summed E-state index contributed by atoms with van der Waals surface area (Å²) in [6.45, 7) is 9.21. The molecule has 2 aliphatic heterocycles. The molecule has 0 N–H and O–H groups in total. The van der Waals surface area contributed by atoms with Gasteiger partial charge in [-0.1, -0.05) is 57.2 Å². The second-order valence-electron chi connectivity index (χ2n) is 16.4. The van der Waals surface area contributed by atoms with Gasteiger partial charge in [0.1, 0.15) is 0 Å². The summed E-state index contributed by atoms with van der Waals surface area (Å²) < 4.78 is 178. The molecule has 0 aliphatic carbocycles. The third-order valence-electron chi connectivity index (χ3n) is 10.5. The highest BCUT2D eigenvalue weighted by atomic mass is 19.4. The first-order chi connectivity index (χ1) is 27.2. The van der Waals surface area contributed by atoms with Crippen LogP contribution >= 0.6 is 0 Å². The average Bonchev–Trinajstić information content (AvgIpc) is 3.33. The summed E-state index contributed by atoms with van der Waals surface area (Å²) in [6.07, 6.45) is -23.8. The number of hydrogen-bond donors (Lipinski definition) is 0. The van der Waals surface area contributed by atoms with Crippen LogP contribution in [0.4, 0.5) is 58.4 Å². The van der Waals surface area contributed by atoms with Crippen LogP contribution < -0.4 is 4.90 Å². The van der Waals surface area contributed by atoms with Gasteiger partial charge in [-0.2, -0.15) is 52.7 Å². The topological polar surface area (TPSA) is 74.8 Å². The summed E-state index contributed by atoms with van der Waals surface area (Å²) >= 11 is 0. The second kappa shape index (κ2) is 13.7. The fourth-order valence-electron chi connectivity index (χ4n) is 7.65. The van der Waals surface area contributed by atoms with E-state index >= 15 is 26.3 Å². The predicted molar refractivity (Wildman–Crippen MR) is 192 cm³/mol. The number of nitrogens with zero attached hydrogens (tertiary/aromatic N) is 2. The van der Waals surface area contributed by atoms with Crippen molar-refractivity contribution in [1.82, 2.24) is 4.90 Å². The van der Waals surface area contributed by atoms with Crippen LogP contribution in [0.1, 0.15) is 106 Å². The standard InChI is InChI=1S/C42H32F12N2O4/c1-36(2,3)21-7-12-26(30(18-21)39(43,44)45)27-14-10-24(19-31(27)40(46,47)48)55-33(58)28-13-9-23(17-29(28)34(55)59)38(41(49,50)51,42(52,53)54)22-8-11-25-20(15-22)16-32(57)56(35(25)60)37(4,5)6/h7-15,17-19H,16H2,1-6H3. The van der Waals surface area contributed by atoms with E-state index in [1.807, 2.05) is 0 Å². The van der Waals surface area contributed by atoms with Crippen molar-refractivity contribution in [3.63, 3.8) is 0 Å². The molecule has 6 nitrogen and oxygen atoms in total. The van der Waals surface area contributed by atoms with E-state index in [0.29, 0.717) is 42.5 Å². The van der Waals surface area contributed by atoms with Crippen LogP contribution in [0.15, 0.2) is 72.8 Å². The van der Waals surface area contributed by atoms with Gasteiger partial charge in [-0.15, -0.1) is 0 Å². The van der Waals surface area contributed by atoms with E-state index in [-0.39, 0.29) is 34.2 Å². The zero-order valence-electron chi connectivity index (χ0n) is 32.2. The maximum atomic E-state index is 15.2. The van der Waals surface area contributed by atoms with Crippen molar-refractivity contribution in [1.29, 1.82) is 0 Å². The monoisotopic (exact) mass is 856 g/mol. The quantitative estimate of drug-likeness (QED) is 0.151. The summed E-state index contributed by atoms with van der Waals surface area (Å²) in [7, 11) is 0. The number of carbonyl (C=O) groups is 4. The highest BCUT2D eigenvalue weighted by molar-refractivity contribution is 6.34. The molecule has 4 aromatic rings. The Morgan fingerprint density at radius 3 is 1.42 bits per heavy atom. The number of carbonyl (C=O) groups excluding carboxylic acids is 4. The number of alkyl halides is 12. The molecule has 4 amide bonds. The van der Waals surface area contributed by atoms with Crippen LogP contribution in [0.2, 0.25) is 0 Å². The number of anilines is 1. The maximum Gasteiger partial charge on any atom is 0.417 e. The predicted octanol–water partition coefficient (Wildman–Crippen LogP) is 11.2. The minimum absolute atomic E-state index is 0.0563. The van der Waals surface area contributed by atoms with E-state index in [1.165, 1.54) is 26.8 Å². The van der Waals surface area contributed by atoms with Gasteiger partial charge < -0.3 is 0 Å². The van der Waals surface area contributed by atoms with Crippen LogP contribution in [0, 0.1) is 0 Å². The Morgan fingerprint density at radius 2 is 0.917 bits per heavy atom. The molecule has 2 aliphatic rings. The van der Waals surface area contributed by atoms with E-state index in [0.717, 1.165) is 11.0 Å². The Bertz CT molecular complexity index is 2470. The minimum Gasteiger partial charge on any atom is -0.274 e. The summed E-state index contributed by atoms with van der Waals surface area (Å²) in [4.78, 5) is 54.3. The number of benzene rings is 4. The first-order valence-electron chi connectivity index (χ1n) is 17.8. The fraction of sp³-hybridized carbons (Fsp3) is 0.333.